The number of benzene rings is 1. The Morgan fingerprint density at radius 1 is 0.760 bits per heavy atom. The van der Waals surface area contributed by atoms with Crippen molar-refractivity contribution in [3.05, 3.63) is 54.2 Å². The Labute approximate surface area is 301 Å². The van der Waals surface area contributed by atoms with E-state index >= 15 is 0 Å². The van der Waals surface area contributed by atoms with E-state index in [1.54, 1.807) is 6.33 Å². The van der Waals surface area contributed by atoms with Crippen molar-refractivity contribution in [3.63, 3.8) is 0 Å². The molecule has 1 unspecified atom stereocenters. The fraction of sp³-hybridized carbons (Fsp3) is 0.718. The first-order valence-electron chi connectivity index (χ1n) is 19.4. The second kappa shape index (κ2) is 25.7. The number of ether oxygens (including phenoxy) is 3. The third kappa shape index (κ3) is 17.8. The maximum Gasteiger partial charge on any atom is 0.353 e. The highest BCUT2D eigenvalue weighted by atomic mass is 31.2. The lowest BCUT2D eigenvalue weighted by Crippen LogP contribution is -2.26. The van der Waals surface area contributed by atoms with Crippen molar-refractivity contribution in [2.45, 2.75) is 155 Å². The Morgan fingerprint density at radius 3 is 2.00 bits per heavy atom. The summed E-state index contributed by atoms with van der Waals surface area (Å²) in [5.74, 6) is 0. The minimum absolute atomic E-state index is 0.0674. The Balaban J connectivity index is 1.29. The van der Waals surface area contributed by atoms with Gasteiger partial charge in [-0.15, -0.1) is 0 Å². The maximum atomic E-state index is 13.0. The standard InChI is InChI=1S/C39H65N4O6P/c1-4-6-7-8-9-10-11-12-13-14-15-16-17-18-19-23-26-46-29-37(47-28-35-24-21-20-22-25-35)30-49-50(44,45)33-48-36(5-2)27-43-32-42-38-34(3)40-31-41-39(38)43/h20-22,24-25,31-32,36-37H,4-19,23,26-30,33H2,1-3H3,(H,44,45)/t36-,37-/m1/s1. The maximum absolute atomic E-state index is 13.0. The number of hydrogen-bond donors (Lipinski definition) is 1. The van der Waals surface area contributed by atoms with Gasteiger partial charge >= 0.3 is 7.60 Å². The molecule has 2 heterocycles. The van der Waals surface area contributed by atoms with Gasteiger partial charge in [-0.3, -0.25) is 4.57 Å². The summed E-state index contributed by atoms with van der Waals surface area (Å²) in [6.45, 7) is 7.80. The van der Waals surface area contributed by atoms with E-state index in [2.05, 4.69) is 21.9 Å². The molecule has 10 nitrogen and oxygen atoms in total. The van der Waals surface area contributed by atoms with Crippen LogP contribution in [0.25, 0.3) is 11.2 Å². The number of aryl methyl sites for hydroxylation is 1. The summed E-state index contributed by atoms with van der Waals surface area (Å²) in [4.78, 5) is 23.6. The molecule has 1 aromatic carbocycles. The molecule has 2 aromatic heterocycles. The normalized spacial score (nSPS) is 14.2. The molecule has 0 radical (unpaired) electrons. The van der Waals surface area contributed by atoms with Crippen molar-refractivity contribution >= 4 is 18.8 Å². The summed E-state index contributed by atoms with van der Waals surface area (Å²) in [7, 11) is -4.04. The van der Waals surface area contributed by atoms with Gasteiger partial charge in [-0.1, -0.05) is 140 Å². The first-order valence-corrected chi connectivity index (χ1v) is 21.1. The molecule has 0 aliphatic carbocycles. The minimum Gasteiger partial charge on any atom is -0.379 e. The van der Waals surface area contributed by atoms with E-state index in [0.717, 1.165) is 29.6 Å². The van der Waals surface area contributed by atoms with E-state index < -0.39 is 20.0 Å². The second-order valence-corrected chi connectivity index (χ2v) is 15.4. The van der Waals surface area contributed by atoms with E-state index in [9.17, 15) is 9.46 Å². The van der Waals surface area contributed by atoms with Crippen molar-refractivity contribution in [2.75, 3.05) is 26.2 Å². The minimum atomic E-state index is -4.04. The van der Waals surface area contributed by atoms with E-state index in [1.807, 2.05) is 48.7 Å². The third-order valence-electron chi connectivity index (χ3n) is 9.15. The van der Waals surface area contributed by atoms with Crippen LogP contribution in [0.3, 0.4) is 0 Å². The Bertz CT molecular complexity index is 1330. The highest BCUT2D eigenvalue weighted by molar-refractivity contribution is 7.52. The molecule has 3 atom stereocenters. The first kappa shape index (κ1) is 42.2. The SMILES string of the molecule is CCCCCCCCCCCCCCCCCCOC[C@H](COP(=O)(O)CO[C@H](CC)Cn1cnc2c(C)ncnc21)OCc1ccccc1. The molecule has 0 aliphatic heterocycles. The van der Waals surface area contributed by atoms with E-state index in [1.165, 1.54) is 96.2 Å². The summed E-state index contributed by atoms with van der Waals surface area (Å²) in [5.41, 5.74) is 3.26. The van der Waals surface area contributed by atoms with Crippen molar-refractivity contribution in [1.82, 2.24) is 19.5 Å². The highest BCUT2D eigenvalue weighted by Crippen LogP contribution is 2.42. The average molecular weight is 717 g/mol. The molecule has 0 amide bonds. The third-order valence-corrected chi connectivity index (χ3v) is 10.2. The zero-order chi connectivity index (χ0) is 35.7. The van der Waals surface area contributed by atoms with Crippen molar-refractivity contribution in [1.29, 1.82) is 0 Å². The molecular weight excluding hydrogens is 651 g/mol. The Kier molecular flexibility index (Phi) is 21.7. The molecular formula is C39H65N4O6P. The molecule has 1 N–H and O–H groups in total. The van der Waals surface area contributed by atoms with Gasteiger partial charge in [-0.25, -0.2) is 15.0 Å². The molecule has 0 bridgehead atoms. The van der Waals surface area contributed by atoms with Gasteiger partial charge in [0.15, 0.2) is 5.65 Å². The number of rotatable bonds is 31. The molecule has 0 saturated heterocycles. The van der Waals surface area contributed by atoms with Gasteiger partial charge in [0, 0.05) is 6.61 Å². The molecule has 3 aromatic rings. The topological polar surface area (TPSA) is 118 Å². The molecule has 282 valence electrons. The fourth-order valence-electron chi connectivity index (χ4n) is 5.99. The number of hydrogen-bond acceptors (Lipinski definition) is 8. The zero-order valence-corrected chi connectivity index (χ0v) is 32.1. The number of imidazole rings is 1. The molecule has 0 saturated carbocycles. The van der Waals surface area contributed by atoms with Gasteiger partial charge in [-0.2, -0.15) is 0 Å². The molecule has 11 heteroatoms. The number of nitrogens with zero attached hydrogens (tertiary/aromatic N) is 4. The van der Waals surface area contributed by atoms with Gasteiger partial charge in [-0.05, 0) is 25.3 Å². The summed E-state index contributed by atoms with van der Waals surface area (Å²) >= 11 is 0. The van der Waals surface area contributed by atoms with Crippen LogP contribution in [0.2, 0.25) is 0 Å². The Hall–Kier alpha value is -2.20. The predicted octanol–water partition coefficient (Wildman–Crippen LogP) is 9.95. The lowest BCUT2D eigenvalue weighted by Gasteiger charge is -2.22. The summed E-state index contributed by atoms with van der Waals surface area (Å²) in [6, 6.07) is 9.86. The molecule has 50 heavy (non-hydrogen) atoms. The van der Waals surface area contributed by atoms with Crippen LogP contribution in [0.5, 0.6) is 0 Å². The van der Waals surface area contributed by atoms with Crippen molar-refractivity contribution in [2.24, 2.45) is 0 Å². The van der Waals surface area contributed by atoms with Gasteiger partial charge < -0.3 is 28.2 Å². The lowest BCUT2D eigenvalue weighted by atomic mass is 10.0. The second-order valence-electron chi connectivity index (χ2n) is 13.6. The summed E-state index contributed by atoms with van der Waals surface area (Å²) < 4.78 is 38.3. The van der Waals surface area contributed by atoms with Crippen molar-refractivity contribution < 1.29 is 28.2 Å². The van der Waals surface area contributed by atoms with Gasteiger partial charge in [0.25, 0.3) is 0 Å². The number of aromatic nitrogens is 4. The predicted molar refractivity (Wildman–Crippen MR) is 201 cm³/mol. The van der Waals surface area contributed by atoms with Crippen LogP contribution in [0.1, 0.15) is 134 Å². The molecule has 0 aliphatic rings. The summed E-state index contributed by atoms with van der Waals surface area (Å²) in [5, 5.41) is 0. The number of fused-ring (bicyclic) bond motifs is 1. The molecule has 3 rings (SSSR count). The first-order chi connectivity index (χ1) is 24.4. The van der Waals surface area contributed by atoms with Crippen LogP contribution in [0.4, 0.5) is 0 Å². The van der Waals surface area contributed by atoms with E-state index in [0.29, 0.717) is 38.4 Å². The zero-order valence-electron chi connectivity index (χ0n) is 31.2. The smallest absolute Gasteiger partial charge is 0.353 e. The average Bonchev–Trinajstić information content (AvgIpc) is 3.54. The van der Waals surface area contributed by atoms with Crippen LogP contribution >= 0.6 is 7.60 Å². The van der Waals surface area contributed by atoms with Crippen molar-refractivity contribution in [3.8, 4) is 0 Å². The highest BCUT2D eigenvalue weighted by Gasteiger charge is 2.25. The quantitative estimate of drug-likeness (QED) is 0.0513. The van der Waals surface area contributed by atoms with Gasteiger partial charge in [0.1, 0.15) is 24.3 Å². The number of unbranched alkanes of at least 4 members (excludes halogenated alkanes) is 15. The van der Waals surface area contributed by atoms with Crippen LogP contribution in [-0.4, -0.2) is 62.8 Å². The monoisotopic (exact) mass is 716 g/mol. The van der Waals surface area contributed by atoms with E-state index in [4.69, 9.17) is 18.7 Å². The largest absolute Gasteiger partial charge is 0.379 e. The van der Waals surface area contributed by atoms with Crippen LogP contribution in [0.15, 0.2) is 43.0 Å². The van der Waals surface area contributed by atoms with Gasteiger partial charge in [0.05, 0.1) is 44.5 Å². The van der Waals surface area contributed by atoms with Crippen LogP contribution in [-0.2, 0) is 36.5 Å². The Morgan fingerprint density at radius 2 is 1.38 bits per heavy atom. The molecule has 0 fully saturated rings. The van der Waals surface area contributed by atoms with Crippen LogP contribution < -0.4 is 0 Å². The lowest BCUT2D eigenvalue weighted by molar-refractivity contribution is -0.0484. The molecule has 0 spiro atoms. The van der Waals surface area contributed by atoms with Gasteiger partial charge in [0.2, 0.25) is 0 Å². The van der Waals surface area contributed by atoms with E-state index in [-0.39, 0.29) is 12.7 Å². The van der Waals surface area contributed by atoms with Crippen LogP contribution in [0, 0.1) is 6.92 Å². The fourth-order valence-corrected chi connectivity index (χ4v) is 6.86. The summed E-state index contributed by atoms with van der Waals surface area (Å²) in [6.07, 6.45) is 23.9.